The number of rotatable bonds is 5. The number of nitrogens with zero attached hydrogens (tertiary/aromatic N) is 6. The maximum Gasteiger partial charge on any atom is 0.145 e. The van der Waals surface area contributed by atoms with E-state index in [1.54, 1.807) is 0 Å². The molecule has 234 valence electrons. The van der Waals surface area contributed by atoms with Crippen LogP contribution in [-0.2, 0) is 0 Å². The molecule has 5 aromatic carbocycles. The number of benzene rings is 5. The first-order valence-electron chi connectivity index (χ1n) is 16.7. The van der Waals surface area contributed by atoms with Crippen molar-refractivity contribution in [3.05, 3.63) is 170 Å². The highest BCUT2D eigenvalue weighted by molar-refractivity contribution is 6.20. The molecule has 0 aliphatic carbocycles. The normalized spacial score (nSPS) is 11.6. The predicted molar refractivity (Wildman–Crippen MR) is 202 cm³/mol. The number of para-hydroxylation sites is 2. The van der Waals surface area contributed by atoms with E-state index in [1.165, 1.54) is 0 Å². The summed E-state index contributed by atoms with van der Waals surface area (Å²) < 4.78 is 4.27. The van der Waals surface area contributed by atoms with Crippen molar-refractivity contribution < 1.29 is 0 Å². The molecule has 0 aliphatic rings. The molecule has 10 aromatic rings. The van der Waals surface area contributed by atoms with E-state index in [0.717, 1.165) is 89.3 Å². The summed E-state index contributed by atoms with van der Waals surface area (Å²) >= 11 is 0. The van der Waals surface area contributed by atoms with E-state index in [9.17, 15) is 0 Å². The fourth-order valence-electron chi connectivity index (χ4n) is 7.01. The molecule has 10 rings (SSSR count). The second-order valence-electron chi connectivity index (χ2n) is 12.4. The van der Waals surface area contributed by atoms with Crippen molar-refractivity contribution in [1.82, 2.24) is 28.9 Å². The lowest BCUT2D eigenvalue weighted by atomic mass is 9.97. The summed E-state index contributed by atoms with van der Waals surface area (Å²) in [5, 5.41) is 3.27. The van der Waals surface area contributed by atoms with Gasteiger partial charge in [-0.2, -0.15) is 0 Å². The zero-order chi connectivity index (χ0) is 33.0. The standard InChI is InChI=1S/C44H28N6/c1-3-12-31(13-4-1)44-48-43-39(50(44)32-14-5-2-6-15-32)26-25-34-33-16-7-8-17-36(33)47-42(41(34)43)30-23-21-29(22-24-30)35-18-11-19-37(45-35)38-28-49-27-10-9-20-40(49)46-38/h1-28H. The van der Waals surface area contributed by atoms with Crippen molar-refractivity contribution in [3.63, 3.8) is 0 Å². The van der Waals surface area contributed by atoms with Gasteiger partial charge >= 0.3 is 0 Å². The van der Waals surface area contributed by atoms with Crippen molar-refractivity contribution in [2.24, 2.45) is 0 Å². The minimum Gasteiger partial charge on any atom is -0.306 e. The minimum atomic E-state index is 0.836. The summed E-state index contributed by atoms with van der Waals surface area (Å²) in [6.45, 7) is 0. The Hall–Kier alpha value is -6.92. The van der Waals surface area contributed by atoms with E-state index in [2.05, 4.69) is 108 Å². The zero-order valence-electron chi connectivity index (χ0n) is 26.8. The Balaban J connectivity index is 1.16. The Morgan fingerprint density at radius 1 is 0.440 bits per heavy atom. The van der Waals surface area contributed by atoms with Crippen LogP contribution < -0.4 is 0 Å². The van der Waals surface area contributed by atoms with E-state index in [0.29, 0.717) is 0 Å². The first kappa shape index (κ1) is 28.1. The molecule has 0 saturated heterocycles. The van der Waals surface area contributed by atoms with E-state index in [-0.39, 0.29) is 0 Å². The first-order valence-corrected chi connectivity index (χ1v) is 16.7. The largest absolute Gasteiger partial charge is 0.306 e. The summed E-state index contributed by atoms with van der Waals surface area (Å²) in [5.41, 5.74) is 11.4. The number of imidazole rings is 2. The lowest BCUT2D eigenvalue weighted by Crippen LogP contribution is -1.97. The number of aromatic nitrogens is 6. The van der Waals surface area contributed by atoms with Crippen molar-refractivity contribution >= 4 is 38.4 Å². The molecule has 0 spiro atoms. The summed E-state index contributed by atoms with van der Waals surface area (Å²) in [6, 6.07) is 54.3. The van der Waals surface area contributed by atoms with Gasteiger partial charge in [-0.05, 0) is 53.9 Å². The molecule has 0 aliphatic heterocycles. The highest BCUT2D eigenvalue weighted by Gasteiger charge is 2.21. The fraction of sp³-hybridized carbons (Fsp3) is 0. The molecule has 6 nitrogen and oxygen atoms in total. The molecule has 0 N–H and O–H groups in total. The van der Waals surface area contributed by atoms with Crippen molar-refractivity contribution in [2.75, 3.05) is 0 Å². The van der Waals surface area contributed by atoms with Gasteiger partial charge in [-0.25, -0.2) is 19.9 Å². The average molecular weight is 641 g/mol. The van der Waals surface area contributed by atoms with Crippen LogP contribution in [0, 0.1) is 0 Å². The Kier molecular flexibility index (Phi) is 6.39. The zero-order valence-corrected chi connectivity index (χ0v) is 26.8. The van der Waals surface area contributed by atoms with Gasteiger partial charge in [-0.1, -0.05) is 109 Å². The fourth-order valence-corrected chi connectivity index (χ4v) is 7.01. The second-order valence-corrected chi connectivity index (χ2v) is 12.4. The van der Waals surface area contributed by atoms with Crippen LogP contribution in [-0.4, -0.2) is 28.9 Å². The minimum absolute atomic E-state index is 0.836. The van der Waals surface area contributed by atoms with Gasteiger partial charge in [0.2, 0.25) is 0 Å². The molecular weight excluding hydrogens is 613 g/mol. The maximum absolute atomic E-state index is 5.41. The summed E-state index contributed by atoms with van der Waals surface area (Å²) in [6.07, 6.45) is 4.02. The van der Waals surface area contributed by atoms with E-state index in [1.807, 2.05) is 71.4 Å². The highest BCUT2D eigenvalue weighted by atomic mass is 15.1. The van der Waals surface area contributed by atoms with Crippen molar-refractivity contribution in [2.45, 2.75) is 0 Å². The lowest BCUT2D eigenvalue weighted by Gasteiger charge is -2.12. The lowest BCUT2D eigenvalue weighted by molar-refractivity contribution is 1.10. The van der Waals surface area contributed by atoms with Gasteiger partial charge in [0.25, 0.3) is 0 Å². The van der Waals surface area contributed by atoms with Crippen LogP contribution in [0.1, 0.15) is 0 Å². The smallest absolute Gasteiger partial charge is 0.145 e. The number of hydrogen-bond acceptors (Lipinski definition) is 4. The molecule has 0 saturated carbocycles. The van der Waals surface area contributed by atoms with Crippen LogP contribution in [0.15, 0.2) is 170 Å². The van der Waals surface area contributed by atoms with Crippen LogP contribution >= 0.6 is 0 Å². The average Bonchev–Trinajstić information content (AvgIpc) is 3.81. The van der Waals surface area contributed by atoms with Gasteiger partial charge in [0.1, 0.15) is 17.2 Å². The molecular formula is C44H28N6. The quantitative estimate of drug-likeness (QED) is 0.176. The van der Waals surface area contributed by atoms with Gasteiger partial charge in [0.05, 0.1) is 33.6 Å². The van der Waals surface area contributed by atoms with Crippen molar-refractivity contribution in [1.29, 1.82) is 0 Å². The number of fused-ring (bicyclic) bond motifs is 6. The SMILES string of the molecule is c1ccc(-c2nc3c4c(-c5ccc(-c6cccc(-c7cn8ccccc8n7)n6)cc5)nc5ccccc5c4ccc3n2-c2ccccc2)cc1. The van der Waals surface area contributed by atoms with Crippen LogP contribution in [0.4, 0.5) is 0 Å². The summed E-state index contributed by atoms with van der Waals surface area (Å²) in [7, 11) is 0. The molecule has 0 unspecified atom stereocenters. The molecule has 0 radical (unpaired) electrons. The van der Waals surface area contributed by atoms with E-state index < -0.39 is 0 Å². The molecule has 0 amide bonds. The highest BCUT2D eigenvalue weighted by Crippen LogP contribution is 2.40. The topological polar surface area (TPSA) is 60.9 Å². The monoisotopic (exact) mass is 640 g/mol. The molecule has 0 bridgehead atoms. The van der Waals surface area contributed by atoms with Gasteiger partial charge in [-0.15, -0.1) is 0 Å². The van der Waals surface area contributed by atoms with Gasteiger partial charge in [0, 0.05) is 45.5 Å². The Morgan fingerprint density at radius 3 is 2.02 bits per heavy atom. The third-order valence-electron chi connectivity index (χ3n) is 9.37. The Morgan fingerprint density at radius 2 is 1.18 bits per heavy atom. The molecule has 6 heteroatoms. The van der Waals surface area contributed by atoms with Crippen molar-refractivity contribution in [3.8, 4) is 51.0 Å². The van der Waals surface area contributed by atoms with Crippen LogP contribution in [0.5, 0.6) is 0 Å². The summed E-state index contributed by atoms with van der Waals surface area (Å²) in [5.74, 6) is 0.894. The molecule has 0 atom stereocenters. The van der Waals surface area contributed by atoms with Gasteiger partial charge < -0.3 is 4.40 Å². The van der Waals surface area contributed by atoms with Crippen LogP contribution in [0.3, 0.4) is 0 Å². The third kappa shape index (κ3) is 4.58. The Bertz CT molecular complexity index is 2820. The Labute approximate surface area is 287 Å². The molecule has 0 fully saturated rings. The number of pyridine rings is 3. The van der Waals surface area contributed by atoms with Crippen LogP contribution in [0.25, 0.3) is 89.3 Å². The van der Waals surface area contributed by atoms with E-state index in [4.69, 9.17) is 19.9 Å². The summed E-state index contributed by atoms with van der Waals surface area (Å²) in [4.78, 5) is 20.5. The molecule has 50 heavy (non-hydrogen) atoms. The van der Waals surface area contributed by atoms with E-state index >= 15 is 0 Å². The molecule has 5 aromatic heterocycles. The van der Waals surface area contributed by atoms with Gasteiger partial charge in [0.15, 0.2) is 0 Å². The van der Waals surface area contributed by atoms with Crippen LogP contribution in [0.2, 0.25) is 0 Å². The maximum atomic E-state index is 5.41. The first-order chi connectivity index (χ1) is 24.8. The third-order valence-corrected chi connectivity index (χ3v) is 9.37. The predicted octanol–water partition coefficient (Wildman–Crippen LogP) is 10.4. The van der Waals surface area contributed by atoms with Gasteiger partial charge in [-0.3, -0.25) is 4.57 Å². The molecule has 5 heterocycles. The second kappa shape index (κ2) is 11.4. The number of hydrogen-bond donors (Lipinski definition) is 0.